The summed E-state index contributed by atoms with van der Waals surface area (Å²) in [5, 5.41) is 14.9. The molecule has 21 heavy (non-hydrogen) atoms. The van der Waals surface area contributed by atoms with Crippen LogP contribution in [0.25, 0.3) is 0 Å². The molecule has 0 aromatic heterocycles. The number of nitrogens with zero attached hydrogens (tertiary/aromatic N) is 2. The molecule has 0 spiro atoms. The highest BCUT2D eigenvalue weighted by Crippen LogP contribution is 2.09. The van der Waals surface area contributed by atoms with Crippen LogP contribution >= 0.6 is 0 Å². The standard InChI is InChI=1S/C14H24N4O3/c1-4-10(2)13(14(20)21-3)17-12(19)9-18-6-5-16-8-11(18)7-15/h10-11,13,16H,4-6,8-9H2,1-3H3,(H,17,19). The minimum atomic E-state index is -0.643. The molecule has 1 aliphatic heterocycles. The quantitative estimate of drug-likeness (QED) is 0.641. The van der Waals surface area contributed by atoms with E-state index in [-0.39, 0.29) is 24.4 Å². The van der Waals surface area contributed by atoms with Crippen LogP contribution < -0.4 is 10.6 Å². The van der Waals surface area contributed by atoms with E-state index in [1.165, 1.54) is 7.11 Å². The summed E-state index contributed by atoms with van der Waals surface area (Å²) < 4.78 is 4.74. The van der Waals surface area contributed by atoms with Crippen molar-refractivity contribution in [2.75, 3.05) is 33.3 Å². The van der Waals surface area contributed by atoms with E-state index in [1.807, 2.05) is 18.7 Å². The van der Waals surface area contributed by atoms with Gasteiger partial charge < -0.3 is 15.4 Å². The average Bonchev–Trinajstić information content (AvgIpc) is 2.51. The molecule has 1 rings (SSSR count). The number of carbonyl (C=O) groups is 2. The van der Waals surface area contributed by atoms with Crippen molar-refractivity contribution >= 4 is 11.9 Å². The Morgan fingerprint density at radius 2 is 2.29 bits per heavy atom. The number of amides is 1. The predicted octanol–water partition coefficient (Wildman–Crippen LogP) is -0.512. The van der Waals surface area contributed by atoms with Crippen LogP contribution in [0.2, 0.25) is 0 Å². The molecule has 3 atom stereocenters. The molecule has 0 radical (unpaired) electrons. The van der Waals surface area contributed by atoms with Gasteiger partial charge in [-0.2, -0.15) is 5.26 Å². The van der Waals surface area contributed by atoms with Crippen LogP contribution in [-0.4, -0.2) is 62.1 Å². The molecule has 2 N–H and O–H groups in total. The van der Waals surface area contributed by atoms with Gasteiger partial charge in [0.15, 0.2) is 0 Å². The smallest absolute Gasteiger partial charge is 0.328 e. The van der Waals surface area contributed by atoms with Crippen LogP contribution in [-0.2, 0) is 14.3 Å². The van der Waals surface area contributed by atoms with Gasteiger partial charge in [-0.3, -0.25) is 9.69 Å². The summed E-state index contributed by atoms with van der Waals surface area (Å²) in [7, 11) is 1.31. The molecule has 1 fully saturated rings. The monoisotopic (exact) mass is 296 g/mol. The summed E-state index contributed by atoms with van der Waals surface area (Å²) in [4.78, 5) is 25.7. The van der Waals surface area contributed by atoms with Gasteiger partial charge in [-0.1, -0.05) is 20.3 Å². The number of piperazine rings is 1. The van der Waals surface area contributed by atoms with Gasteiger partial charge in [-0.05, 0) is 5.92 Å². The van der Waals surface area contributed by atoms with Crippen LogP contribution in [0.15, 0.2) is 0 Å². The lowest BCUT2D eigenvalue weighted by Gasteiger charge is -2.32. The minimum absolute atomic E-state index is 0.00353. The molecule has 1 aliphatic rings. The second kappa shape index (κ2) is 8.60. The lowest BCUT2D eigenvalue weighted by Crippen LogP contribution is -2.55. The first-order valence-corrected chi connectivity index (χ1v) is 7.25. The van der Waals surface area contributed by atoms with Gasteiger partial charge in [0.1, 0.15) is 12.1 Å². The van der Waals surface area contributed by atoms with E-state index in [4.69, 9.17) is 10.00 Å². The highest BCUT2D eigenvalue weighted by Gasteiger charge is 2.29. The number of rotatable bonds is 6. The second-order valence-corrected chi connectivity index (χ2v) is 5.27. The molecule has 0 saturated carbocycles. The zero-order chi connectivity index (χ0) is 15.8. The molecule has 3 unspecified atom stereocenters. The average molecular weight is 296 g/mol. The molecular formula is C14H24N4O3. The number of ether oxygens (including phenoxy) is 1. The van der Waals surface area contributed by atoms with Crippen LogP contribution in [0.5, 0.6) is 0 Å². The molecule has 1 saturated heterocycles. The number of hydrogen-bond acceptors (Lipinski definition) is 6. The van der Waals surface area contributed by atoms with Crippen molar-refractivity contribution in [3.05, 3.63) is 0 Å². The van der Waals surface area contributed by atoms with E-state index in [0.717, 1.165) is 13.0 Å². The van der Waals surface area contributed by atoms with Gasteiger partial charge in [0.2, 0.25) is 5.91 Å². The minimum Gasteiger partial charge on any atom is -0.467 e. The molecule has 0 aromatic rings. The van der Waals surface area contributed by atoms with E-state index in [1.54, 1.807) is 0 Å². The zero-order valence-electron chi connectivity index (χ0n) is 12.9. The van der Waals surface area contributed by atoms with E-state index >= 15 is 0 Å². The fourth-order valence-electron chi connectivity index (χ4n) is 2.26. The maximum absolute atomic E-state index is 12.1. The van der Waals surface area contributed by atoms with Crippen LogP contribution in [0.4, 0.5) is 0 Å². The third-order valence-electron chi connectivity index (χ3n) is 3.83. The SMILES string of the molecule is CCC(C)C(NC(=O)CN1CCNCC1C#N)C(=O)OC. The van der Waals surface area contributed by atoms with Crippen molar-refractivity contribution in [3.8, 4) is 6.07 Å². The zero-order valence-corrected chi connectivity index (χ0v) is 12.9. The normalized spacial score (nSPS) is 21.9. The Kier molecular flexibility index (Phi) is 7.12. The Hall–Kier alpha value is -1.65. The fourth-order valence-corrected chi connectivity index (χ4v) is 2.26. The summed E-state index contributed by atoms with van der Waals surface area (Å²) in [5.41, 5.74) is 0. The maximum Gasteiger partial charge on any atom is 0.328 e. The lowest BCUT2D eigenvalue weighted by atomic mass is 9.99. The Balaban J connectivity index is 2.61. The largest absolute Gasteiger partial charge is 0.467 e. The summed E-state index contributed by atoms with van der Waals surface area (Å²) in [6.07, 6.45) is 0.758. The summed E-state index contributed by atoms with van der Waals surface area (Å²) in [6, 6.07) is 1.21. The first-order valence-electron chi connectivity index (χ1n) is 7.25. The molecule has 0 aliphatic carbocycles. The molecular weight excluding hydrogens is 272 g/mol. The molecule has 118 valence electrons. The van der Waals surface area contributed by atoms with Crippen LogP contribution in [0, 0.1) is 17.2 Å². The summed E-state index contributed by atoms with van der Waals surface area (Å²) in [5.74, 6) is -0.695. The van der Waals surface area contributed by atoms with Gasteiger partial charge in [0.25, 0.3) is 0 Å². The lowest BCUT2D eigenvalue weighted by molar-refractivity contribution is -0.146. The number of carbonyl (C=O) groups excluding carboxylic acids is 2. The molecule has 0 bridgehead atoms. The van der Waals surface area contributed by atoms with Crippen molar-refractivity contribution in [1.82, 2.24) is 15.5 Å². The van der Waals surface area contributed by atoms with Crippen molar-refractivity contribution < 1.29 is 14.3 Å². The van der Waals surface area contributed by atoms with E-state index in [2.05, 4.69) is 16.7 Å². The predicted molar refractivity (Wildman–Crippen MR) is 77.2 cm³/mol. The summed E-state index contributed by atoms with van der Waals surface area (Å²) in [6.45, 7) is 5.90. The third-order valence-corrected chi connectivity index (χ3v) is 3.83. The Bertz CT molecular complexity index is 408. The number of nitrogens with one attached hydrogen (secondary N) is 2. The number of esters is 1. The molecule has 7 heteroatoms. The number of methoxy groups -OCH3 is 1. The molecule has 0 aromatic carbocycles. The van der Waals surface area contributed by atoms with E-state index < -0.39 is 12.0 Å². The fraction of sp³-hybridized carbons (Fsp3) is 0.786. The Morgan fingerprint density at radius 3 is 2.86 bits per heavy atom. The number of nitriles is 1. The van der Waals surface area contributed by atoms with E-state index in [0.29, 0.717) is 13.1 Å². The van der Waals surface area contributed by atoms with Crippen molar-refractivity contribution in [1.29, 1.82) is 5.26 Å². The highest BCUT2D eigenvalue weighted by atomic mass is 16.5. The topological polar surface area (TPSA) is 94.5 Å². The van der Waals surface area contributed by atoms with Gasteiger partial charge in [-0.15, -0.1) is 0 Å². The first-order chi connectivity index (χ1) is 10.0. The van der Waals surface area contributed by atoms with Gasteiger partial charge >= 0.3 is 5.97 Å². The third kappa shape index (κ3) is 4.99. The second-order valence-electron chi connectivity index (χ2n) is 5.27. The van der Waals surface area contributed by atoms with Gasteiger partial charge in [0.05, 0.1) is 19.7 Å². The van der Waals surface area contributed by atoms with Gasteiger partial charge in [0, 0.05) is 19.6 Å². The maximum atomic E-state index is 12.1. The molecule has 1 heterocycles. The van der Waals surface area contributed by atoms with Crippen LogP contribution in [0.1, 0.15) is 20.3 Å². The first kappa shape index (κ1) is 17.4. The van der Waals surface area contributed by atoms with Crippen molar-refractivity contribution in [2.24, 2.45) is 5.92 Å². The number of hydrogen-bond donors (Lipinski definition) is 2. The Morgan fingerprint density at radius 1 is 1.57 bits per heavy atom. The van der Waals surface area contributed by atoms with Gasteiger partial charge in [-0.25, -0.2) is 4.79 Å². The van der Waals surface area contributed by atoms with E-state index in [9.17, 15) is 9.59 Å². The Labute approximate surface area is 125 Å². The molecule has 1 amide bonds. The highest BCUT2D eigenvalue weighted by molar-refractivity contribution is 5.85. The summed E-state index contributed by atoms with van der Waals surface area (Å²) >= 11 is 0. The van der Waals surface area contributed by atoms with Crippen molar-refractivity contribution in [2.45, 2.75) is 32.4 Å². The molecule has 7 nitrogen and oxygen atoms in total. The van der Waals surface area contributed by atoms with Crippen LogP contribution in [0.3, 0.4) is 0 Å². The van der Waals surface area contributed by atoms with Crippen molar-refractivity contribution in [3.63, 3.8) is 0 Å².